The summed E-state index contributed by atoms with van der Waals surface area (Å²) in [7, 11) is 1.65. The van der Waals surface area contributed by atoms with E-state index in [1.54, 1.807) is 7.11 Å². The Morgan fingerprint density at radius 3 is 2.46 bits per heavy atom. The number of rotatable bonds is 3. The minimum absolute atomic E-state index is 0.560. The van der Waals surface area contributed by atoms with Crippen LogP contribution in [0.5, 0.6) is 5.75 Å². The Morgan fingerprint density at radius 2 is 1.71 bits per heavy atom. The van der Waals surface area contributed by atoms with Crippen molar-refractivity contribution in [2.75, 3.05) is 7.11 Å². The topological polar surface area (TPSA) is 35.3 Å². The van der Waals surface area contributed by atoms with Crippen LogP contribution in [0.15, 0.2) is 71.1 Å². The van der Waals surface area contributed by atoms with Gasteiger partial charge in [0.15, 0.2) is 5.58 Å². The Kier molecular flexibility index (Phi) is 3.71. The smallest absolute Gasteiger partial charge is 0.227 e. The first-order valence-corrected chi connectivity index (χ1v) is 7.92. The van der Waals surface area contributed by atoms with E-state index in [9.17, 15) is 0 Å². The lowest BCUT2D eigenvalue weighted by Gasteiger charge is -2.08. The van der Waals surface area contributed by atoms with Crippen LogP contribution in [0.25, 0.3) is 33.7 Å². The zero-order valence-corrected chi connectivity index (χ0v) is 13.7. The molecule has 4 rings (SSSR count). The molecule has 118 valence electrons. The maximum absolute atomic E-state index is 6.21. The Balaban J connectivity index is 1.89. The molecule has 0 amide bonds. The molecular formula is C20H14ClNO2. The molecule has 0 spiro atoms. The highest BCUT2D eigenvalue weighted by Gasteiger charge is 2.14. The largest absolute Gasteiger partial charge is 0.497 e. The number of ether oxygens (including phenoxy) is 1. The van der Waals surface area contributed by atoms with Gasteiger partial charge in [-0.05, 0) is 47.5 Å². The number of aromatic nitrogens is 1. The maximum atomic E-state index is 6.21. The molecule has 0 saturated carbocycles. The molecule has 1 aromatic heterocycles. The van der Waals surface area contributed by atoms with Crippen molar-refractivity contribution in [3.8, 4) is 28.3 Å². The van der Waals surface area contributed by atoms with E-state index in [2.05, 4.69) is 4.98 Å². The SMILES string of the molecule is COc1ccc(-c2ccc(Cl)cc2-c2nc3ccccc3o2)cc1. The minimum atomic E-state index is 0.560. The average Bonchev–Trinajstić information content (AvgIpc) is 3.06. The number of hydrogen-bond acceptors (Lipinski definition) is 3. The summed E-state index contributed by atoms with van der Waals surface area (Å²) in [5.41, 5.74) is 4.50. The monoisotopic (exact) mass is 335 g/mol. The van der Waals surface area contributed by atoms with Crippen molar-refractivity contribution in [3.63, 3.8) is 0 Å². The van der Waals surface area contributed by atoms with Crippen LogP contribution < -0.4 is 4.74 Å². The van der Waals surface area contributed by atoms with Crippen LogP contribution in [0.4, 0.5) is 0 Å². The molecule has 4 aromatic rings. The average molecular weight is 336 g/mol. The second-order valence-corrected chi connectivity index (χ2v) is 5.84. The molecule has 0 aliphatic heterocycles. The van der Waals surface area contributed by atoms with Gasteiger partial charge < -0.3 is 9.15 Å². The van der Waals surface area contributed by atoms with Gasteiger partial charge in [-0.25, -0.2) is 4.98 Å². The predicted molar refractivity (Wildman–Crippen MR) is 96.4 cm³/mol. The van der Waals surface area contributed by atoms with Gasteiger partial charge in [0.2, 0.25) is 5.89 Å². The summed E-state index contributed by atoms with van der Waals surface area (Å²) in [6, 6.07) is 21.3. The molecular weight excluding hydrogens is 322 g/mol. The van der Waals surface area contributed by atoms with Gasteiger partial charge in [0.25, 0.3) is 0 Å². The zero-order valence-electron chi connectivity index (χ0n) is 13.0. The Labute approximate surface area is 144 Å². The van der Waals surface area contributed by atoms with Gasteiger partial charge in [0.1, 0.15) is 11.3 Å². The molecule has 0 aliphatic carbocycles. The van der Waals surface area contributed by atoms with Crippen molar-refractivity contribution in [2.24, 2.45) is 0 Å². The number of hydrogen-bond donors (Lipinski definition) is 0. The molecule has 4 heteroatoms. The molecule has 3 nitrogen and oxygen atoms in total. The number of methoxy groups -OCH3 is 1. The number of oxazole rings is 1. The highest BCUT2D eigenvalue weighted by molar-refractivity contribution is 6.31. The lowest BCUT2D eigenvalue weighted by molar-refractivity contribution is 0.415. The lowest BCUT2D eigenvalue weighted by Crippen LogP contribution is -1.87. The van der Waals surface area contributed by atoms with Crippen molar-refractivity contribution in [1.82, 2.24) is 4.98 Å². The quantitative estimate of drug-likeness (QED) is 0.473. The van der Waals surface area contributed by atoms with Crippen molar-refractivity contribution in [1.29, 1.82) is 0 Å². The van der Waals surface area contributed by atoms with E-state index in [1.807, 2.05) is 66.7 Å². The third kappa shape index (κ3) is 2.63. The second-order valence-electron chi connectivity index (χ2n) is 5.41. The van der Waals surface area contributed by atoms with Crippen LogP contribution in [0, 0.1) is 0 Å². The van der Waals surface area contributed by atoms with Crippen molar-refractivity contribution < 1.29 is 9.15 Å². The highest BCUT2D eigenvalue weighted by atomic mass is 35.5. The van der Waals surface area contributed by atoms with Gasteiger partial charge in [-0.1, -0.05) is 41.9 Å². The number of para-hydroxylation sites is 2. The van der Waals surface area contributed by atoms with E-state index in [0.717, 1.165) is 33.5 Å². The maximum Gasteiger partial charge on any atom is 0.227 e. The third-order valence-corrected chi connectivity index (χ3v) is 4.14. The molecule has 0 unspecified atom stereocenters. The van der Waals surface area contributed by atoms with Crippen molar-refractivity contribution in [3.05, 3.63) is 71.8 Å². The lowest BCUT2D eigenvalue weighted by atomic mass is 9.99. The van der Waals surface area contributed by atoms with Crippen LogP contribution in [-0.2, 0) is 0 Å². The highest BCUT2D eigenvalue weighted by Crippen LogP contribution is 2.35. The number of nitrogens with zero attached hydrogens (tertiary/aromatic N) is 1. The number of benzene rings is 3. The van der Waals surface area contributed by atoms with E-state index >= 15 is 0 Å². The van der Waals surface area contributed by atoms with E-state index < -0.39 is 0 Å². The molecule has 0 bridgehead atoms. The van der Waals surface area contributed by atoms with Crippen LogP contribution in [-0.4, -0.2) is 12.1 Å². The molecule has 0 fully saturated rings. The normalized spacial score (nSPS) is 10.9. The van der Waals surface area contributed by atoms with Crippen LogP contribution >= 0.6 is 11.6 Å². The molecule has 0 radical (unpaired) electrons. The summed E-state index contributed by atoms with van der Waals surface area (Å²) in [5, 5.41) is 0.643. The summed E-state index contributed by atoms with van der Waals surface area (Å²) in [4.78, 5) is 4.59. The molecule has 1 heterocycles. The Hall–Kier alpha value is -2.78. The molecule has 24 heavy (non-hydrogen) atoms. The van der Waals surface area contributed by atoms with E-state index in [1.165, 1.54) is 0 Å². The summed E-state index contributed by atoms with van der Waals surface area (Å²) < 4.78 is 11.1. The van der Waals surface area contributed by atoms with Crippen molar-refractivity contribution in [2.45, 2.75) is 0 Å². The van der Waals surface area contributed by atoms with Gasteiger partial charge in [0, 0.05) is 10.6 Å². The first kappa shape index (κ1) is 14.8. The van der Waals surface area contributed by atoms with Gasteiger partial charge in [-0.3, -0.25) is 0 Å². The first-order chi connectivity index (χ1) is 11.7. The van der Waals surface area contributed by atoms with Crippen LogP contribution in [0.2, 0.25) is 5.02 Å². The summed E-state index contributed by atoms with van der Waals surface area (Å²) >= 11 is 6.21. The fourth-order valence-electron chi connectivity index (χ4n) is 2.70. The predicted octanol–water partition coefficient (Wildman–Crippen LogP) is 5.82. The molecule has 0 atom stereocenters. The first-order valence-electron chi connectivity index (χ1n) is 7.54. The van der Waals surface area contributed by atoms with Gasteiger partial charge in [0.05, 0.1) is 7.11 Å². The number of fused-ring (bicyclic) bond motifs is 1. The van der Waals surface area contributed by atoms with E-state index in [0.29, 0.717) is 10.9 Å². The second kappa shape index (κ2) is 6.02. The van der Waals surface area contributed by atoms with Crippen molar-refractivity contribution >= 4 is 22.7 Å². The minimum Gasteiger partial charge on any atom is -0.497 e. The third-order valence-electron chi connectivity index (χ3n) is 3.91. The van der Waals surface area contributed by atoms with E-state index in [4.69, 9.17) is 20.8 Å². The fraction of sp³-hybridized carbons (Fsp3) is 0.0500. The summed E-state index contributed by atoms with van der Waals surface area (Å²) in [6.07, 6.45) is 0. The molecule has 3 aromatic carbocycles. The fourth-order valence-corrected chi connectivity index (χ4v) is 2.88. The van der Waals surface area contributed by atoms with Gasteiger partial charge >= 0.3 is 0 Å². The van der Waals surface area contributed by atoms with E-state index in [-0.39, 0.29) is 0 Å². The van der Waals surface area contributed by atoms with Gasteiger partial charge in [-0.2, -0.15) is 0 Å². The molecule has 0 saturated heterocycles. The number of halogens is 1. The summed E-state index contributed by atoms with van der Waals surface area (Å²) in [6.45, 7) is 0. The summed E-state index contributed by atoms with van der Waals surface area (Å²) in [5.74, 6) is 1.38. The van der Waals surface area contributed by atoms with Gasteiger partial charge in [-0.15, -0.1) is 0 Å². The zero-order chi connectivity index (χ0) is 16.5. The Morgan fingerprint density at radius 1 is 0.917 bits per heavy atom. The standard InChI is InChI=1S/C20H14ClNO2/c1-23-15-9-6-13(7-10-15)16-11-8-14(21)12-17(16)20-22-18-4-2-3-5-19(18)24-20/h2-12H,1H3. The molecule has 0 aliphatic rings. The van der Waals surface area contributed by atoms with Crippen LogP contribution in [0.3, 0.4) is 0 Å². The Bertz CT molecular complexity index is 973. The van der Waals surface area contributed by atoms with Crippen LogP contribution in [0.1, 0.15) is 0 Å². The molecule has 0 N–H and O–H groups in total.